The number of carbonyl (C=O) groups excluding carboxylic acids is 1. The van der Waals surface area contributed by atoms with Crippen LogP contribution in [-0.2, 0) is 11.3 Å². The zero-order valence-electron chi connectivity index (χ0n) is 13.2. The fourth-order valence-corrected chi connectivity index (χ4v) is 2.42. The number of hydrogen-bond donors (Lipinski definition) is 1. The zero-order chi connectivity index (χ0) is 16.9. The number of aromatic nitrogens is 2. The monoisotopic (exact) mass is 323 g/mol. The number of carbonyl (C=O) groups is 1. The lowest BCUT2D eigenvalue weighted by molar-refractivity contribution is -0.117. The van der Waals surface area contributed by atoms with E-state index in [-0.39, 0.29) is 18.0 Å². The topological polar surface area (TPSA) is 73.2 Å². The summed E-state index contributed by atoms with van der Waals surface area (Å²) in [5, 5.41) is 8.10. The molecule has 3 rings (SSSR count). The van der Waals surface area contributed by atoms with E-state index in [2.05, 4.69) is 10.4 Å². The Bertz CT molecular complexity index is 934. The molecule has 0 atom stereocenters. The van der Waals surface area contributed by atoms with Gasteiger partial charge in [-0.3, -0.25) is 9.59 Å². The molecule has 24 heavy (non-hydrogen) atoms. The molecule has 0 radical (unpaired) electrons. The van der Waals surface area contributed by atoms with Gasteiger partial charge in [0, 0.05) is 5.39 Å². The number of hydrogen-bond acceptors (Lipinski definition) is 4. The van der Waals surface area contributed by atoms with E-state index in [9.17, 15) is 9.59 Å². The van der Waals surface area contributed by atoms with Crippen LogP contribution in [0.1, 0.15) is 6.92 Å². The SMILES string of the molecule is CCOc1ccccc1NC(=O)Cn1ncc2ccccc2c1=O. The quantitative estimate of drug-likeness (QED) is 0.782. The minimum Gasteiger partial charge on any atom is -0.492 e. The van der Waals surface area contributed by atoms with Crippen LogP contribution in [0.4, 0.5) is 5.69 Å². The van der Waals surface area contributed by atoms with Gasteiger partial charge in [-0.25, -0.2) is 4.68 Å². The van der Waals surface area contributed by atoms with Gasteiger partial charge in [0.15, 0.2) is 0 Å². The summed E-state index contributed by atoms with van der Waals surface area (Å²) in [5.74, 6) is 0.249. The number of nitrogens with zero attached hydrogens (tertiary/aromatic N) is 2. The van der Waals surface area contributed by atoms with Crippen LogP contribution in [0, 0.1) is 0 Å². The third-order valence-electron chi connectivity index (χ3n) is 3.52. The molecule has 0 saturated heterocycles. The van der Waals surface area contributed by atoms with Crippen LogP contribution in [0.25, 0.3) is 10.8 Å². The highest BCUT2D eigenvalue weighted by Crippen LogP contribution is 2.23. The first-order valence-electron chi connectivity index (χ1n) is 7.65. The summed E-state index contributed by atoms with van der Waals surface area (Å²) in [6.07, 6.45) is 1.58. The van der Waals surface area contributed by atoms with Crippen LogP contribution in [0.5, 0.6) is 5.75 Å². The van der Waals surface area contributed by atoms with E-state index in [0.717, 1.165) is 10.1 Å². The van der Waals surface area contributed by atoms with Gasteiger partial charge in [0.25, 0.3) is 5.56 Å². The van der Waals surface area contributed by atoms with E-state index in [4.69, 9.17) is 4.74 Å². The first-order valence-corrected chi connectivity index (χ1v) is 7.65. The van der Waals surface area contributed by atoms with Crippen molar-refractivity contribution in [2.45, 2.75) is 13.5 Å². The highest BCUT2D eigenvalue weighted by molar-refractivity contribution is 5.92. The molecule has 6 heteroatoms. The summed E-state index contributed by atoms with van der Waals surface area (Å²) in [4.78, 5) is 24.6. The first kappa shape index (κ1) is 15.7. The van der Waals surface area contributed by atoms with Crippen LogP contribution in [0.3, 0.4) is 0 Å². The number of ether oxygens (including phenoxy) is 1. The van der Waals surface area contributed by atoms with Crippen molar-refractivity contribution in [2.75, 3.05) is 11.9 Å². The van der Waals surface area contributed by atoms with Crippen molar-refractivity contribution in [1.82, 2.24) is 9.78 Å². The van der Waals surface area contributed by atoms with E-state index in [0.29, 0.717) is 23.4 Å². The normalized spacial score (nSPS) is 10.5. The van der Waals surface area contributed by atoms with Crippen LogP contribution in [-0.4, -0.2) is 22.3 Å². The summed E-state index contributed by atoms with van der Waals surface area (Å²) in [7, 11) is 0. The van der Waals surface area contributed by atoms with Crippen molar-refractivity contribution in [3.8, 4) is 5.75 Å². The molecule has 0 aliphatic carbocycles. The summed E-state index contributed by atoms with van der Waals surface area (Å²) >= 11 is 0. The van der Waals surface area contributed by atoms with Crippen molar-refractivity contribution < 1.29 is 9.53 Å². The standard InChI is InChI=1S/C18H17N3O3/c1-2-24-16-10-6-5-9-15(16)20-17(22)12-21-18(23)14-8-4-3-7-13(14)11-19-21/h3-11H,2,12H2,1H3,(H,20,22). The zero-order valence-corrected chi connectivity index (χ0v) is 13.2. The molecule has 0 bridgehead atoms. The van der Waals surface area contributed by atoms with Crippen molar-refractivity contribution in [2.24, 2.45) is 0 Å². The summed E-state index contributed by atoms with van der Waals surface area (Å²) in [6, 6.07) is 14.3. The van der Waals surface area contributed by atoms with Gasteiger partial charge >= 0.3 is 0 Å². The summed E-state index contributed by atoms with van der Waals surface area (Å²) in [6.45, 7) is 2.21. The molecule has 0 fully saturated rings. The maximum atomic E-state index is 12.4. The molecule has 0 aliphatic rings. The Labute approximate surface area is 138 Å². The summed E-state index contributed by atoms with van der Waals surface area (Å²) < 4.78 is 6.62. The van der Waals surface area contributed by atoms with Gasteiger partial charge < -0.3 is 10.1 Å². The molecular formula is C18H17N3O3. The summed E-state index contributed by atoms with van der Waals surface area (Å²) in [5.41, 5.74) is 0.277. The van der Waals surface area contributed by atoms with Crippen molar-refractivity contribution in [3.05, 3.63) is 65.1 Å². The molecule has 0 aliphatic heterocycles. The van der Waals surface area contributed by atoms with Gasteiger partial charge in [0.05, 0.1) is 23.9 Å². The third-order valence-corrected chi connectivity index (χ3v) is 3.52. The Morgan fingerprint density at radius 2 is 1.92 bits per heavy atom. The molecule has 2 aromatic carbocycles. The van der Waals surface area contributed by atoms with Crippen molar-refractivity contribution in [3.63, 3.8) is 0 Å². The maximum absolute atomic E-state index is 12.4. The predicted octanol–water partition coefficient (Wildman–Crippen LogP) is 2.43. The fraction of sp³-hybridized carbons (Fsp3) is 0.167. The molecule has 3 aromatic rings. The first-order chi connectivity index (χ1) is 11.7. The van der Waals surface area contributed by atoms with Gasteiger partial charge in [0.1, 0.15) is 12.3 Å². The molecule has 1 heterocycles. The average molecular weight is 323 g/mol. The molecular weight excluding hydrogens is 306 g/mol. The molecule has 0 spiro atoms. The van der Waals surface area contributed by atoms with Crippen molar-refractivity contribution in [1.29, 1.82) is 0 Å². The van der Waals surface area contributed by atoms with Gasteiger partial charge in [-0.2, -0.15) is 5.10 Å². The largest absolute Gasteiger partial charge is 0.492 e. The molecule has 1 amide bonds. The Hall–Kier alpha value is -3.15. The van der Waals surface area contributed by atoms with Gasteiger partial charge in [-0.15, -0.1) is 0 Å². The predicted molar refractivity (Wildman–Crippen MR) is 92.2 cm³/mol. The van der Waals surface area contributed by atoms with E-state index in [1.54, 1.807) is 36.5 Å². The minimum atomic E-state index is -0.341. The van der Waals surface area contributed by atoms with Gasteiger partial charge in [-0.05, 0) is 25.1 Å². The molecule has 122 valence electrons. The highest BCUT2D eigenvalue weighted by Gasteiger charge is 2.11. The number of para-hydroxylation sites is 2. The Morgan fingerprint density at radius 1 is 1.17 bits per heavy atom. The van der Waals surface area contributed by atoms with Crippen LogP contribution < -0.4 is 15.6 Å². The lowest BCUT2D eigenvalue weighted by atomic mass is 10.2. The lowest BCUT2D eigenvalue weighted by Gasteiger charge is -2.11. The molecule has 6 nitrogen and oxygen atoms in total. The lowest BCUT2D eigenvalue weighted by Crippen LogP contribution is -2.29. The molecule has 1 N–H and O–H groups in total. The van der Waals surface area contributed by atoms with Gasteiger partial charge in [0.2, 0.25) is 5.91 Å². The molecule has 0 saturated carbocycles. The fourth-order valence-electron chi connectivity index (χ4n) is 2.42. The number of benzene rings is 2. The second-order valence-electron chi connectivity index (χ2n) is 5.17. The Morgan fingerprint density at radius 3 is 2.75 bits per heavy atom. The van der Waals surface area contributed by atoms with Crippen molar-refractivity contribution >= 4 is 22.4 Å². The number of amides is 1. The van der Waals surface area contributed by atoms with E-state index in [1.165, 1.54) is 0 Å². The maximum Gasteiger partial charge on any atom is 0.275 e. The van der Waals surface area contributed by atoms with E-state index >= 15 is 0 Å². The molecule has 1 aromatic heterocycles. The highest BCUT2D eigenvalue weighted by atomic mass is 16.5. The number of nitrogens with one attached hydrogen (secondary N) is 1. The average Bonchev–Trinajstić information content (AvgIpc) is 2.60. The smallest absolute Gasteiger partial charge is 0.275 e. The minimum absolute atomic E-state index is 0.163. The number of rotatable bonds is 5. The number of anilines is 1. The number of fused-ring (bicyclic) bond motifs is 1. The van der Waals surface area contributed by atoms with Gasteiger partial charge in [-0.1, -0.05) is 30.3 Å². The molecule has 0 unspecified atom stereocenters. The Balaban J connectivity index is 1.81. The van der Waals surface area contributed by atoms with Crippen LogP contribution in [0.15, 0.2) is 59.5 Å². The second kappa shape index (κ2) is 6.95. The Kier molecular flexibility index (Phi) is 4.56. The third kappa shape index (κ3) is 3.27. The van der Waals surface area contributed by atoms with E-state index < -0.39 is 0 Å². The van der Waals surface area contributed by atoms with E-state index in [1.807, 2.05) is 25.1 Å². The van der Waals surface area contributed by atoms with Crippen LogP contribution in [0.2, 0.25) is 0 Å². The van der Waals surface area contributed by atoms with Crippen LogP contribution >= 0.6 is 0 Å². The second-order valence-corrected chi connectivity index (χ2v) is 5.17.